The number of rotatable bonds is 9. The number of ether oxygens (including phenoxy) is 3. The lowest BCUT2D eigenvalue weighted by molar-refractivity contribution is -0.157. The molecule has 1 saturated carbocycles. The highest BCUT2D eigenvalue weighted by molar-refractivity contribution is 9.10. The number of thiophene rings is 1. The van der Waals surface area contributed by atoms with Crippen molar-refractivity contribution in [1.29, 1.82) is 0 Å². The lowest BCUT2D eigenvalue weighted by Crippen LogP contribution is -2.39. The quantitative estimate of drug-likeness (QED) is 0.233. The van der Waals surface area contributed by atoms with E-state index in [9.17, 15) is 14.4 Å². The Balaban J connectivity index is 1.65. The summed E-state index contributed by atoms with van der Waals surface area (Å²) in [6, 6.07) is 16.9. The molecule has 0 radical (unpaired) electrons. The number of carbonyl (C=O) groups is 3. The number of nitrogens with one attached hydrogen (secondary N) is 1. The van der Waals surface area contributed by atoms with Gasteiger partial charge in [-0.2, -0.15) is 0 Å². The number of benzene rings is 2. The summed E-state index contributed by atoms with van der Waals surface area (Å²) in [5.41, 5.74) is 1.58. The standard InChI is InChI=1S/C32H37BrN2O6S/c1-32(2,3)41-25(36)20-40-27-26(33)28(42-29(27)30(37)39-4)22-14-11-17-24(18-22)35(19-21-12-7-5-8-13-21)31(38)34-23-15-9-6-10-16-23/h6,9-11,14-18,21H,5,7-8,12-13,19-20H2,1-4H3,(H,34,38). The van der Waals surface area contributed by atoms with E-state index >= 15 is 0 Å². The van der Waals surface area contributed by atoms with Crippen LogP contribution in [0.3, 0.4) is 0 Å². The van der Waals surface area contributed by atoms with Gasteiger partial charge in [-0.05, 0) is 85.3 Å². The molecule has 1 aromatic heterocycles. The van der Waals surface area contributed by atoms with Crippen LogP contribution in [0.5, 0.6) is 5.75 Å². The number of anilines is 2. The van der Waals surface area contributed by atoms with Crippen molar-refractivity contribution in [2.75, 3.05) is 30.5 Å². The predicted molar refractivity (Wildman–Crippen MR) is 170 cm³/mol. The second-order valence-electron chi connectivity index (χ2n) is 11.2. The van der Waals surface area contributed by atoms with Crippen molar-refractivity contribution >= 4 is 56.6 Å². The van der Waals surface area contributed by atoms with Crippen LogP contribution in [0.4, 0.5) is 16.2 Å². The van der Waals surface area contributed by atoms with Crippen molar-refractivity contribution in [2.45, 2.75) is 58.5 Å². The molecule has 224 valence electrons. The Hall–Kier alpha value is -3.37. The van der Waals surface area contributed by atoms with Gasteiger partial charge >= 0.3 is 18.0 Å². The number of para-hydroxylation sites is 1. The molecule has 4 rings (SSSR count). The summed E-state index contributed by atoms with van der Waals surface area (Å²) in [7, 11) is 1.29. The zero-order valence-corrected chi connectivity index (χ0v) is 26.8. The molecule has 1 aliphatic carbocycles. The molecule has 42 heavy (non-hydrogen) atoms. The molecule has 0 aliphatic heterocycles. The number of halogens is 1. The SMILES string of the molecule is COC(=O)c1sc(-c2cccc(N(CC3CCCCC3)C(=O)Nc3ccccc3)c2)c(Br)c1OCC(=O)OC(C)(C)C. The Kier molecular flexibility index (Phi) is 10.7. The van der Waals surface area contributed by atoms with E-state index in [1.165, 1.54) is 37.7 Å². The number of methoxy groups -OCH3 is 1. The Bertz CT molecular complexity index is 1400. The van der Waals surface area contributed by atoms with Gasteiger partial charge in [0.2, 0.25) is 0 Å². The molecule has 8 nitrogen and oxygen atoms in total. The molecular formula is C32H37BrN2O6S. The van der Waals surface area contributed by atoms with Gasteiger partial charge in [0.25, 0.3) is 0 Å². The molecule has 0 atom stereocenters. The minimum absolute atomic E-state index is 0.203. The molecule has 0 bridgehead atoms. The van der Waals surface area contributed by atoms with Gasteiger partial charge < -0.3 is 19.5 Å². The van der Waals surface area contributed by atoms with E-state index in [2.05, 4.69) is 21.2 Å². The fraction of sp³-hybridized carbons (Fsp3) is 0.406. The van der Waals surface area contributed by atoms with Crippen LogP contribution in [0.2, 0.25) is 0 Å². The Labute approximate surface area is 259 Å². The normalized spacial score (nSPS) is 13.7. The first kappa shape index (κ1) is 31.6. The summed E-state index contributed by atoms with van der Waals surface area (Å²) >= 11 is 4.78. The summed E-state index contributed by atoms with van der Waals surface area (Å²) in [5, 5.41) is 3.04. The fourth-order valence-electron chi connectivity index (χ4n) is 4.90. The maximum absolute atomic E-state index is 13.6. The van der Waals surface area contributed by atoms with Gasteiger partial charge in [0.1, 0.15) is 5.60 Å². The van der Waals surface area contributed by atoms with Gasteiger partial charge in [0.05, 0.1) is 16.5 Å². The zero-order chi connectivity index (χ0) is 30.3. The highest BCUT2D eigenvalue weighted by Gasteiger charge is 2.28. The van der Waals surface area contributed by atoms with Crippen LogP contribution in [0, 0.1) is 5.92 Å². The molecule has 0 spiro atoms. The molecule has 10 heteroatoms. The number of hydrogen-bond acceptors (Lipinski definition) is 7. The highest BCUT2D eigenvalue weighted by Crippen LogP contribution is 2.46. The van der Waals surface area contributed by atoms with Crippen molar-refractivity contribution in [2.24, 2.45) is 5.92 Å². The monoisotopic (exact) mass is 656 g/mol. The third-order valence-electron chi connectivity index (χ3n) is 6.79. The average molecular weight is 658 g/mol. The number of hydrogen-bond donors (Lipinski definition) is 1. The average Bonchev–Trinajstić information content (AvgIpc) is 3.30. The van der Waals surface area contributed by atoms with Crippen molar-refractivity contribution in [3.63, 3.8) is 0 Å². The van der Waals surface area contributed by atoms with E-state index in [1.54, 1.807) is 25.7 Å². The minimum atomic E-state index is -0.667. The molecule has 1 aliphatic rings. The number of carbonyl (C=O) groups excluding carboxylic acids is 3. The molecule has 2 amide bonds. The molecule has 0 unspecified atom stereocenters. The van der Waals surface area contributed by atoms with E-state index < -0.39 is 17.5 Å². The summed E-state index contributed by atoms with van der Waals surface area (Å²) in [5.74, 6) is -0.513. The summed E-state index contributed by atoms with van der Waals surface area (Å²) < 4.78 is 16.7. The second kappa shape index (κ2) is 14.2. The van der Waals surface area contributed by atoms with Crippen molar-refractivity contribution in [1.82, 2.24) is 0 Å². The lowest BCUT2D eigenvalue weighted by atomic mass is 9.89. The van der Waals surface area contributed by atoms with Gasteiger partial charge in [-0.1, -0.05) is 49.6 Å². The Morgan fingerprint density at radius 3 is 2.40 bits per heavy atom. The van der Waals surface area contributed by atoms with Crippen LogP contribution in [0.1, 0.15) is 62.5 Å². The van der Waals surface area contributed by atoms with Crippen molar-refractivity contribution < 1.29 is 28.6 Å². The molecule has 1 heterocycles. The van der Waals surface area contributed by atoms with E-state index in [4.69, 9.17) is 14.2 Å². The lowest BCUT2D eigenvalue weighted by Gasteiger charge is -2.30. The summed E-state index contributed by atoms with van der Waals surface area (Å²) in [6.07, 6.45) is 5.75. The van der Waals surface area contributed by atoms with E-state index in [1.807, 2.05) is 54.6 Å². The van der Waals surface area contributed by atoms with E-state index in [0.29, 0.717) is 21.8 Å². The number of nitrogens with zero attached hydrogens (tertiary/aromatic N) is 1. The first-order valence-electron chi connectivity index (χ1n) is 14.0. The third kappa shape index (κ3) is 8.35. The molecule has 0 saturated heterocycles. The van der Waals surface area contributed by atoms with Crippen LogP contribution in [0.25, 0.3) is 10.4 Å². The maximum atomic E-state index is 13.6. The molecule has 1 N–H and O–H groups in total. The largest absolute Gasteiger partial charge is 0.479 e. The Morgan fingerprint density at radius 1 is 1.02 bits per heavy atom. The van der Waals surface area contributed by atoms with Crippen LogP contribution in [-0.2, 0) is 14.3 Å². The zero-order valence-electron chi connectivity index (χ0n) is 24.4. The number of esters is 2. The molecule has 2 aromatic carbocycles. The first-order chi connectivity index (χ1) is 20.1. The summed E-state index contributed by atoms with van der Waals surface area (Å²) in [6.45, 7) is 5.55. The minimum Gasteiger partial charge on any atom is -0.479 e. The topological polar surface area (TPSA) is 94.2 Å². The van der Waals surface area contributed by atoms with Crippen LogP contribution < -0.4 is 15.0 Å². The van der Waals surface area contributed by atoms with Crippen molar-refractivity contribution in [3.05, 3.63) is 63.9 Å². The second-order valence-corrected chi connectivity index (χ2v) is 13.0. The smallest absolute Gasteiger partial charge is 0.351 e. The highest BCUT2D eigenvalue weighted by atomic mass is 79.9. The number of urea groups is 1. The summed E-state index contributed by atoms with van der Waals surface area (Å²) in [4.78, 5) is 41.3. The van der Waals surface area contributed by atoms with E-state index in [-0.39, 0.29) is 23.3 Å². The van der Waals surface area contributed by atoms with Gasteiger partial charge in [-0.3, -0.25) is 4.90 Å². The predicted octanol–water partition coefficient (Wildman–Crippen LogP) is 8.30. The maximum Gasteiger partial charge on any atom is 0.351 e. The van der Waals surface area contributed by atoms with E-state index in [0.717, 1.165) is 29.8 Å². The molecular weight excluding hydrogens is 620 g/mol. The van der Waals surface area contributed by atoms with Crippen LogP contribution in [-0.4, -0.2) is 43.8 Å². The van der Waals surface area contributed by atoms with Crippen LogP contribution >= 0.6 is 27.3 Å². The third-order valence-corrected chi connectivity index (χ3v) is 9.01. The van der Waals surface area contributed by atoms with Crippen LogP contribution in [0.15, 0.2) is 59.1 Å². The Morgan fingerprint density at radius 2 is 1.74 bits per heavy atom. The molecule has 3 aromatic rings. The van der Waals surface area contributed by atoms with Gasteiger partial charge in [0, 0.05) is 17.9 Å². The first-order valence-corrected chi connectivity index (χ1v) is 15.7. The van der Waals surface area contributed by atoms with Gasteiger partial charge in [-0.25, -0.2) is 14.4 Å². The number of amides is 2. The van der Waals surface area contributed by atoms with Crippen molar-refractivity contribution in [3.8, 4) is 16.2 Å². The fourth-order valence-corrected chi connectivity index (χ4v) is 6.87. The van der Waals surface area contributed by atoms with Gasteiger partial charge in [0.15, 0.2) is 17.2 Å². The van der Waals surface area contributed by atoms with Gasteiger partial charge in [-0.15, -0.1) is 11.3 Å². The molecule has 1 fully saturated rings.